The van der Waals surface area contributed by atoms with Gasteiger partial charge in [-0.25, -0.2) is 0 Å². The molecule has 0 saturated heterocycles. The van der Waals surface area contributed by atoms with Crippen LogP contribution in [0.15, 0.2) is 18.3 Å². The van der Waals surface area contributed by atoms with Gasteiger partial charge in [-0.15, -0.1) is 0 Å². The van der Waals surface area contributed by atoms with Gasteiger partial charge in [0.15, 0.2) is 0 Å². The van der Waals surface area contributed by atoms with E-state index in [1.807, 2.05) is 0 Å². The summed E-state index contributed by atoms with van der Waals surface area (Å²) in [7, 11) is 1.72. The van der Waals surface area contributed by atoms with E-state index in [1.54, 1.807) is 7.11 Å². The first-order chi connectivity index (χ1) is 10.5. The van der Waals surface area contributed by atoms with Crippen molar-refractivity contribution in [3.63, 3.8) is 0 Å². The van der Waals surface area contributed by atoms with Crippen molar-refractivity contribution < 1.29 is 4.74 Å². The Morgan fingerprint density at radius 2 is 1.86 bits per heavy atom. The standard InChI is InChI=1S/C19H26N2O/c1-6-18(15-7-8-15)21-11-17(20-19(21)22-5)16-10-13(3)12(2)9-14(16)4/h9-11,15,18H,6-8H2,1-5H3. The molecule has 118 valence electrons. The third-order valence-corrected chi connectivity index (χ3v) is 4.94. The predicted octanol–water partition coefficient (Wildman–Crippen LogP) is 4.85. The monoisotopic (exact) mass is 298 g/mol. The van der Waals surface area contributed by atoms with Gasteiger partial charge >= 0.3 is 0 Å². The van der Waals surface area contributed by atoms with Crippen LogP contribution in [0.25, 0.3) is 11.3 Å². The van der Waals surface area contributed by atoms with Crippen LogP contribution in [0.2, 0.25) is 0 Å². The van der Waals surface area contributed by atoms with Crippen LogP contribution in [0.4, 0.5) is 0 Å². The second-order valence-corrected chi connectivity index (χ2v) is 6.58. The van der Waals surface area contributed by atoms with Crippen molar-refractivity contribution >= 4 is 0 Å². The maximum Gasteiger partial charge on any atom is 0.296 e. The lowest BCUT2D eigenvalue weighted by Crippen LogP contribution is -2.10. The molecule has 1 aliphatic rings. The lowest BCUT2D eigenvalue weighted by atomic mass is 9.99. The molecule has 1 aromatic carbocycles. The molecule has 1 saturated carbocycles. The lowest BCUT2D eigenvalue weighted by molar-refractivity contribution is 0.318. The average Bonchev–Trinajstić information content (AvgIpc) is 3.23. The van der Waals surface area contributed by atoms with Gasteiger partial charge in [0.1, 0.15) is 0 Å². The Morgan fingerprint density at radius 3 is 2.45 bits per heavy atom. The minimum Gasteiger partial charge on any atom is -0.468 e. The summed E-state index contributed by atoms with van der Waals surface area (Å²) in [4.78, 5) is 4.75. The topological polar surface area (TPSA) is 27.1 Å². The Balaban J connectivity index is 2.05. The van der Waals surface area contributed by atoms with Gasteiger partial charge < -0.3 is 4.74 Å². The summed E-state index contributed by atoms with van der Waals surface area (Å²) in [6.45, 7) is 8.73. The normalized spacial score (nSPS) is 15.9. The second kappa shape index (κ2) is 5.79. The largest absolute Gasteiger partial charge is 0.468 e. The molecule has 1 atom stereocenters. The van der Waals surface area contributed by atoms with Gasteiger partial charge in [0.05, 0.1) is 12.8 Å². The fourth-order valence-electron chi connectivity index (χ4n) is 3.37. The molecule has 1 unspecified atom stereocenters. The number of hydrogen-bond donors (Lipinski definition) is 0. The molecule has 1 heterocycles. The molecule has 2 aromatic rings. The minimum atomic E-state index is 0.517. The van der Waals surface area contributed by atoms with E-state index in [2.05, 4.69) is 50.6 Å². The van der Waals surface area contributed by atoms with E-state index in [-0.39, 0.29) is 0 Å². The molecule has 0 spiro atoms. The van der Waals surface area contributed by atoms with Gasteiger partial charge in [0.2, 0.25) is 0 Å². The molecule has 0 bridgehead atoms. The fourth-order valence-corrected chi connectivity index (χ4v) is 3.37. The van der Waals surface area contributed by atoms with Crippen molar-refractivity contribution in [3.05, 3.63) is 35.0 Å². The van der Waals surface area contributed by atoms with E-state index in [0.717, 1.165) is 24.0 Å². The van der Waals surface area contributed by atoms with Crippen LogP contribution >= 0.6 is 0 Å². The zero-order valence-corrected chi connectivity index (χ0v) is 14.3. The molecule has 1 aliphatic carbocycles. The number of nitrogens with zero attached hydrogens (tertiary/aromatic N) is 2. The maximum absolute atomic E-state index is 5.55. The fraction of sp³-hybridized carbons (Fsp3) is 0.526. The summed E-state index contributed by atoms with van der Waals surface area (Å²) in [5.74, 6) is 0.793. The van der Waals surface area contributed by atoms with Crippen molar-refractivity contribution in [1.29, 1.82) is 0 Å². The average molecular weight is 298 g/mol. The Labute approximate surface area is 133 Å². The molecule has 3 nitrogen and oxygen atoms in total. The first kappa shape index (κ1) is 15.1. The summed E-state index contributed by atoms with van der Waals surface area (Å²) in [5.41, 5.74) is 6.15. The van der Waals surface area contributed by atoms with Crippen LogP contribution in [-0.2, 0) is 0 Å². The molecule has 3 heteroatoms. The predicted molar refractivity (Wildman–Crippen MR) is 90.5 cm³/mol. The molecule has 22 heavy (non-hydrogen) atoms. The number of ether oxygens (including phenoxy) is 1. The number of rotatable bonds is 5. The highest BCUT2D eigenvalue weighted by Gasteiger charge is 2.33. The molecule has 3 rings (SSSR count). The van der Waals surface area contributed by atoms with Crippen LogP contribution in [0, 0.1) is 26.7 Å². The summed E-state index contributed by atoms with van der Waals surface area (Å²) in [6.07, 6.45) is 5.97. The third kappa shape index (κ3) is 2.65. The van der Waals surface area contributed by atoms with Crippen molar-refractivity contribution in [2.24, 2.45) is 5.92 Å². The number of methoxy groups -OCH3 is 1. The van der Waals surface area contributed by atoms with Crippen LogP contribution < -0.4 is 4.74 Å². The highest BCUT2D eigenvalue weighted by Crippen LogP contribution is 2.43. The number of imidazole rings is 1. The summed E-state index contributed by atoms with van der Waals surface area (Å²) in [6, 6.07) is 5.75. The highest BCUT2D eigenvalue weighted by atomic mass is 16.5. The van der Waals surface area contributed by atoms with Crippen LogP contribution in [0.5, 0.6) is 6.01 Å². The summed E-state index contributed by atoms with van der Waals surface area (Å²) >= 11 is 0. The van der Waals surface area contributed by atoms with Gasteiger partial charge in [-0.3, -0.25) is 4.57 Å². The van der Waals surface area contributed by atoms with E-state index < -0.39 is 0 Å². The first-order valence-corrected chi connectivity index (χ1v) is 8.26. The zero-order valence-electron chi connectivity index (χ0n) is 14.3. The molecular weight excluding hydrogens is 272 g/mol. The summed E-state index contributed by atoms with van der Waals surface area (Å²) < 4.78 is 7.81. The number of benzene rings is 1. The van der Waals surface area contributed by atoms with Crippen LogP contribution in [0.1, 0.15) is 48.9 Å². The van der Waals surface area contributed by atoms with Crippen LogP contribution in [0.3, 0.4) is 0 Å². The van der Waals surface area contributed by atoms with Crippen LogP contribution in [-0.4, -0.2) is 16.7 Å². The lowest BCUT2D eigenvalue weighted by Gasteiger charge is -2.17. The Bertz CT molecular complexity index is 683. The van der Waals surface area contributed by atoms with E-state index >= 15 is 0 Å². The van der Waals surface area contributed by atoms with Crippen molar-refractivity contribution in [1.82, 2.24) is 9.55 Å². The Kier molecular flexibility index (Phi) is 3.98. The van der Waals surface area contributed by atoms with Gasteiger partial charge in [0.25, 0.3) is 6.01 Å². The third-order valence-electron chi connectivity index (χ3n) is 4.94. The maximum atomic E-state index is 5.55. The van der Waals surface area contributed by atoms with E-state index in [0.29, 0.717) is 6.04 Å². The number of aryl methyl sites for hydroxylation is 3. The first-order valence-electron chi connectivity index (χ1n) is 8.26. The zero-order chi connectivity index (χ0) is 15.9. The van der Waals surface area contributed by atoms with Gasteiger partial charge in [0, 0.05) is 17.8 Å². The van der Waals surface area contributed by atoms with Gasteiger partial charge in [-0.2, -0.15) is 4.98 Å². The van der Waals surface area contributed by atoms with Crippen molar-refractivity contribution in [2.75, 3.05) is 7.11 Å². The SMILES string of the molecule is CCC(C1CC1)n1cc(-c2cc(C)c(C)cc2C)nc1OC. The molecule has 1 aromatic heterocycles. The molecular formula is C19H26N2O. The Morgan fingerprint density at radius 1 is 1.18 bits per heavy atom. The second-order valence-electron chi connectivity index (χ2n) is 6.58. The highest BCUT2D eigenvalue weighted by molar-refractivity contribution is 5.65. The molecule has 0 radical (unpaired) electrons. The smallest absolute Gasteiger partial charge is 0.296 e. The molecule has 0 N–H and O–H groups in total. The molecule has 1 fully saturated rings. The van der Waals surface area contributed by atoms with Crippen molar-refractivity contribution in [2.45, 2.75) is 53.0 Å². The quantitative estimate of drug-likeness (QED) is 0.789. The number of hydrogen-bond acceptors (Lipinski definition) is 2. The van der Waals surface area contributed by atoms with E-state index in [1.165, 1.54) is 35.1 Å². The molecule has 0 aliphatic heterocycles. The Hall–Kier alpha value is -1.77. The van der Waals surface area contributed by atoms with Gasteiger partial charge in [-0.05, 0) is 68.7 Å². The minimum absolute atomic E-state index is 0.517. The number of aromatic nitrogens is 2. The van der Waals surface area contributed by atoms with E-state index in [9.17, 15) is 0 Å². The van der Waals surface area contributed by atoms with Crippen molar-refractivity contribution in [3.8, 4) is 17.3 Å². The van der Waals surface area contributed by atoms with E-state index in [4.69, 9.17) is 9.72 Å². The summed E-state index contributed by atoms with van der Waals surface area (Å²) in [5, 5.41) is 0. The van der Waals surface area contributed by atoms with Gasteiger partial charge in [-0.1, -0.05) is 13.0 Å². The molecule has 0 amide bonds.